The van der Waals surface area contributed by atoms with Crippen molar-refractivity contribution in [2.45, 2.75) is 32.1 Å². The molecule has 2 aliphatic rings. The number of nitrogens with zero attached hydrogens (tertiary/aromatic N) is 3. The Morgan fingerprint density at radius 2 is 1.94 bits per heavy atom. The third kappa shape index (κ3) is 5.40. The second-order valence-corrected chi connectivity index (χ2v) is 8.95. The fraction of sp³-hybridized carbons (Fsp3) is 0.333. The Labute approximate surface area is 197 Å². The predicted octanol–water partition coefficient (Wildman–Crippen LogP) is 4.44. The summed E-state index contributed by atoms with van der Waals surface area (Å²) >= 11 is 6.34. The van der Waals surface area contributed by atoms with Gasteiger partial charge in [0.25, 0.3) is 0 Å². The number of pyridine rings is 1. The van der Waals surface area contributed by atoms with Crippen molar-refractivity contribution in [2.75, 3.05) is 29.0 Å². The van der Waals surface area contributed by atoms with E-state index in [1.54, 1.807) is 12.4 Å². The molecule has 0 spiro atoms. The van der Waals surface area contributed by atoms with Crippen molar-refractivity contribution in [3.63, 3.8) is 0 Å². The second-order valence-electron chi connectivity index (χ2n) is 8.54. The summed E-state index contributed by atoms with van der Waals surface area (Å²) in [5, 5.41) is 13.4. The van der Waals surface area contributed by atoms with Crippen molar-refractivity contribution in [3.8, 4) is 0 Å². The number of aryl methyl sites for hydroxylation is 2. The maximum Gasteiger partial charge on any atom is 0.229 e. The number of aromatic nitrogens is 3. The average molecular weight is 464 g/mol. The largest absolute Gasteiger partial charge is 0.339 e. The Kier molecular flexibility index (Phi) is 6.37. The summed E-state index contributed by atoms with van der Waals surface area (Å²) in [6.45, 7) is 1.97. The number of piperidine rings is 1. The molecule has 0 radical (unpaired) electrons. The summed E-state index contributed by atoms with van der Waals surface area (Å²) in [7, 11) is 0. The molecule has 0 saturated carbocycles. The fourth-order valence-electron chi connectivity index (χ4n) is 4.30. The van der Waals surface area contributed by atoms with Crippen molar-refractivity contribution in [3.05, 3.63) is 59.0 Å². The van der Waals surface area contributed by atoms with Crippen LogP contribution >= 0.6 is 11.6 Å². The van der Waals surface area contributed by atoms with Crippen molar-refractivity contribution in [1.29, 1.82) is 0 Å². The molecule has 8 nitrogen and oxygen atoms in total. The van der Waals surface area contributed by atoms with Crippen molar-refractivity contribution >= 4 is 46.3 Å². The zero-order chi connectivity index (χ0) is 22.6. The lowest BCUT2D eigenvalue weighted by Crippen LogP contribution is -2.30. The number of hydrogen-bond donors (Lipinski definition) is 4. The first-order valence-corrected chi connectivity index (χ1v) is 11.6. The Morgan fingerprint density at radius 3 is 2.82 bits per heavy atom. The number of benzene rings is 1. The van der Waals surface area contributed by atoms with Gasteiger partial charge in [-0.3, -0.25) is 9.78 Å². The first-order chi connectivity index (χ1) is 16.1. The molecule has 0 unspecified atom stereocenters. The summed E-state index contributed by atoms with van der Waals surface area (Å²) in [5.74, 6) is 1.44. The van der Waals surface area contributed by atoms with Crippen molar-refractivity contribution in [1.82, 2.24) is 20.3 Å². The van der Waals surface area contributed by atoms with Gasteiger partial charge in [-0.05, 0) is 80.1 Å². The number of hydrogen-bond acceptors (Lipinski definition) is 7. The first kappa shape index (κ1) is 21.6. The number of carbonyl (C=O) groups excluding carboxylic acids is 1. The smallest absolute Gasteiger partial charge is 0.229 e. The zero-order valence-electron chi connectivity index (χ0n) is 18.2. The number of amides is 1. The molecule has 170 valence electrons. The molecule has 5 rings (SSSR count). The number of nitrogens with one attached hydrogen (secondary N) is 4. The maximum absolute atomic E-state index is 12.8. The SMILES string of the molecule is O=C(CC1CCNCC1)Nc1ccc2cc1CCc1cncc(c1)Nc1ncc(Cl)c(n1)N2. The number of rotatable bonds is 3. The van der Waals surface area contributed by atoms with Crippen LogP contribution in [0.5, 0.6) is 0 Å². The van der Waals surface area contributed by atoms with Crippen molar-refractivity contribution in [2.24, 2.45) is 5.92 Å². The van der Waals surface area contributed by atoms with Crippen LogP contribution in [0.2, 0.25) is 5.02 Å². The lowest BCUT2D eigenvalue weighted by molar-refractivity contribution is -0.117. The summed E-state index contributed by atoms with van der Waals surface area (Å²) in [6.07, 6.45) is 9.33. The first-order valence-electron chi connectivity index (χ1n) is 11.3. The van der Waals surface area contributed by atoms with Gasteiger partial charge in [0.15, 0.2) is 5.82 Å². The molecule has 1 fully saturated rings. The molecule has 1 aromatic carbocycles. The van der Waals surface area contributed by atoms with Gasteiger partial charge in [-0.25, -0.2) is 4.98 Å². The Balaban J connectivity index is 1.43. The quantitative estimate of drug-likeness (QED) is 0.455. The molecule has 6 bridgehead atoms. The third-order valence-electron chi connectivity index (χ3n) is 6.05. The second kappa shape index (κ2) is 9.72. The minimum atomic E-state index is 0.0677. The molecule has 1 saturated heterocycles. The van der Waals surface area contributed by atoms with Crippen LogP contribution in [0.4, 0.5) is 28.8 Å². The highest BCUT2D eigenvalue weighted by Crippen LogP contribution is 2.29. The van der Waals surface area contributed by atoms with Crippen molar-refractivity contribution < 1.29 is 4.79 Å². The summed E-state index contributed by atoms with van der Waals surface area (Å²) in [5.41, 5.74) is 4.62. The number of fused-ring (bicyclic) bond motifs is 6. The highest BCUT2D eigenvalue weighted by atomic mass is 35.5. The molecule has 9 heteroatoms. The highest BCUT2D eigenvalue weighted by Gasteiger charge is 2.18. The number of halogens is 1. The average Bonchev–Trinajstić information content (AvgIpc) is 2.82. The van der Waals surface area contributed by atoms with E-state index < -0.39 is 0 Å². The van der Waals surface area contributed by atoms with Crippen LogP contribution in [0.3, 0.4) is 0 Å². The fourth-order valence-corrected chi connectivity index (χ4v) is 4.44. The minimum Gasteiger partial charge on any atom is -0.339 e. The molecular formula is C24H26ClN7O. The standard InChI is InChI=1S/C24H26ClN7O/c25-20-14-28-24-30-19-9-16(12-27-13-19)1-2-17-11-18(29-23(20)32-24)3-4-21(17)31-22(33)10-15-5-7-26-8-6-15/h3-4,9,11-15,26H,1-2,5-8,10H2,(H,31,33)(H2,28,29,30,32). The van der Waals surface area contributed by atoms with Gasteiger partial charge >= 0.3 is 0 Å². The Hall–Kier alpha value is -3.23. The minimum absolute atomic E-state index is 0.0677. The summed E-state index contributed by atoms with van der Waals surface area (Å²) < 4.78 is 0. The van der Waals surface area contributed by atoms with E-state index in [0.717, 1.165) is 67.0 Å². The van der Waals surface area contributed by atoms with E-state index in [1.807, 2.05) is 30.5 Å². The monoisotopic (exact) mass is 463 g/mol. The molecule has 4 heterocycles. The summed E-state index contributed by atoms with van der Waals surface area (Å²) in [4.78, 5) is 25.9. The zero-order valence-corrected chi connectivity index (χ0v) is 19.0. The lowest BCUT2D eigenvalue weighted by atomic mass is 9.94. The molecular weight excluding hydrogens is 438 g/mol. The van der Waals surface area contributed by atoms with E-state index in [9.17, 15) is 4.79 Å². The van der Waals surface area contributed by atoms with Gasteiger partial charge in [-0.15, -0.1) is 0 Å². The van der Waals surface area contributed by atoms with E-state index in [4.69, 9.17) is 11.6 Å². The third-order valence-corrected chi connectivity index (χ3v) is 6.33. The maximum atomic E-state index is 12.8. The van der Waals surface area contributed by atoms with Gasteiger partial charge in [-0.1, -0.05) is 11.6 Å². The lowest BCUT2D eigenvalue weighted by Gasteiger charge is -2.22. The van der Waals surface area contributed by atoms with Crippen LogP contribution < -0.4 is 21.3 Å². The van der Waals surface area contributed by atoms with Gasteiger partial charge in [0.2, 0.25) is 11.9 Å². The van der Waals surface area contributed by atoms with Crippen LogP contribution in [0.15, 0.2) is 42.9 Å². The van der Waals surface area contributed by atoms with Crippen LogP contribution in [0.1, 0.15) is 30.4 Å². The van der Waals surface area contributed by atoms with Gasteiger partial charge in [-0.2, -0.15) is 4.98 Å². The van der Waals surface area contributed by atoms with E-state index in [-0.39, 0.29) is 5.91 Å². The summed E-state index contributed by atoms with van der Waals surface area (Å²) in [6, 6.07) is 7.95. The van der Waals surface area contributed by atoms with E-state index in [1.165, 1.54) is 0 Å². The van der Waals surface area contributed by atoms with Crippen LogP contribution in [0, 0.1) is 5.92 Å². The van der Waals surface area contributed by atoms with Gasteiger partial charge in [0, 0.05) is 24.0 Å². The van der Waals surface area contributed by atoms with Crippen LogP contribution in [-0.4, -0.2) is 33.9 Å². The molecule has 3 aromatic rings. The predicted molar refractivity (Wildman–Crippen MR) is 131 cm³/mol. The topological polar surface area (TPSA) is 104 Å². The molecule has 33 heavy (non-hydrogen) atoms. The van der Waals surface area contributed by atoms with Crippen LogP contribution in [0.25, 0.3) is 0 Å². The van der Waals surface area contributed by atoms with E-state index in [2.05, 4.69) is 36.2 Å². The van der Waals surface area contributed by atoms with Crippen LogP contribution in [-0.2, 0) is 17.6 Å². The Morgan fingerprint density at radius 1 is 1.06 bits per heavy atom. The van der Waals surface area contributed by atoms with E-state index in [0.29, 0.717) is 29.1 Å². The van der Waals surface area contributed by atoms with Gasteiger partial charge in [0.1, 0.15) is 5.02 Å². The number of carbonyl (C=O) groups is 1. The number of anilines is 5. The molecule has 0 atom stereocenters. The molecule has 0 aliphatic carbocycles. The molecule has 4 N–H and O–H groups in total. The van der Waals surface area contributed by atoms with Gasteiger partial charge in [0.05, 0.1) is 18.1 Å². The Bertz CT molecular complexity index is 1160. The van der Waals surface area contributed by atoms with E-state index >= 15 is 0 Å². The van der Waals surface area contributed by atoms with Gasteiger partial charge < -0.3 is 21.3 Å². The molecule has 2 aromatic heterocycles. The normalized spacial score (nSPS) is 15.8. The molecule has 2 aliphatic heterocycles. The molecule has 1 amide bonds. The highest BCUT2D eigenvalue weighted by molar-refractivity contribution is 6.32.